The second-order valence-corrected chi connectivity index (χ2v) is 3.89. The molecule has 2 nitrogen and oxygen atoms in total. The van der Waals surface area contributed by atoms with E-state index < -0.39 is 0 Å². The lowest BCUT2D eigenvalue weighted by atomic mass is 10.0. The lowest BCUT2D eigenvalue weighted by Gasteiger charge is -2.17. The van der Waals surface area contributed by atoms with E-state index in [2.05, 4.69) is 37.7 Å². The lowest BCUT2D eigenvalue weighted by Crippen LogP contribution is -2.26. The van der Waals surface area contributed by atoms with Gasteiger partial charge in [-0.3, -0.25) is 4.99 Å². The van der Waals surface area contributed by atoms with E-state index in [1.54, 1.807) is 0 Å². The Morgan fingerprint density at radius 1 is 1.50 bits per heavy atom. The minimum atomic E-state index is 0.527. The Labute approximate surface area is 75.7 Å². The smallest absolute Gasteiger partial charge is 0.0993 e. The van der Waals surface area contributed by atoms with Crippen molar-refractivity contribution in [3.8, 4) is 0 Å². The van der Waals surface area contributed by atoms with Crippen LogP contribution < -0.4 is 0 Å². The predicted octanol–water partition coefficient (Wildman–Crippen LogP) is 2.16. The average Bonchev–Trinajstić information content (AvgIpc) is 2.33. The Bertz CT molecular complexity index is 175. The maximum absolute atomic E-state index is 4.63. The zero-order valence-corrected chi connectivity index (χ0v) is 8.67. The van der Waals surface area contributed by atoms with E-state index in [1.165, 1.54) is 12.3 Å². The largest absolute Gasteiger partial charge is 0.363 e. The van der Waals surface area contributed by atoms with Crippen molar-refractivity contribution in [3.63, 3.8) is 0 Å². The van der Waals surface area contributed by atoms with Crippen molar-refractivity contribution in [2.24, 2.45) is 10.9 Å². The Morgan fingerprint density at radius 2 is 2.17 bits per heavy atom. The molecule has 2 atom stereocenters. The van der Waals surface area contributed by atoms with E-state index in [4.69, 9.17) is 0 Å². The van der Waals surface area contributed by atoms with Gasteiger partial charge in [0, 0.05) is 20.0 Å². The van der Waals surface area contributed by atoms with Gasteiger partial charge in [0.1, 0.15) is 0 Å². The maximum Gasteiger partial charge on any atom is 0.0993 e. The Kier molecular flexibility index (Phi) is 3.12. The molecule has 0 aliphatic carbocycles. The highest BCUT2D eigenvalue weighted by Crippen LogP contribution is 2.21. The SMILES string of the molecule is CCCN(C)C1=NC(C)C(C)C1. The maximum atomic E-state index is 4.63. The van der Waals surface area contributed by atoms with Crippen molar-refractivity contribution in [1.29, 1.82) is 0 Å². The summed E-state index contributed by atoms with van der Waals surface area (Å²) in [4.78, 5) is 6.92. The van der Waals surface area contributed by atoms with Gasteiger partial charge in [-0.2, -0.15) is 0 Å². The first-order valence-corrected chi connectivity index (χ1v) is 4.93. The van der Waals surface area contributed by atoms with Crippen molar-refractivity contribution < 1.29 is 0 Å². The standard InChI is InChI=1S/C10H20N2/c1-5-6-12(4)10-7-8(2)9(3)11-10/h8-9H,5-7H2,1-4H3. The predicted molar refractivity (Wildman–Crippen MR) is 53.6 cm³/mol. The van der Waals surface area contributed by atoms with Crippen LogP contribution in [0.15, 0.2) is 4.99 Å². The van der Waals surface area contributed by atoms with Gasteiger partial charge in [-0.25, -0.2) is 0 Å². The molecule has 70 valence electrons. The molecule has 0 aromatic rings. The van der Waals surface area contributed by atoms with Crippen LogP contribution in [-0.4, -0.2) is 30.4 Å². The summed E-state index contributed by atoms with van der Waals surface area (Å²) < 4.78 is 0. The van der Waals surface area contributed by atoms with Crippen LogP contribution in [0.25, 0.3) is 0 Å². The number of aliphatic imine (C=N–C) groups is 1. The summed E-state index contributed by atoms with van der Waals surface area (Å²) >= 11 is 0. The first-order valence-electron chi connectivity index (χ1n) is 4.93. The van der Waals surface area contributed by atoms with Gasteiger partial charge in [-0.1, -0.05) is 13.8 Å². The van der Waals surface area contributed by atoms with Crippen molar-refractivity contribution in [2.75, 3.05) is 13.6 Å². The van der Waals surface area contributed by atoms with Gasteiger partial charge in [0.2, 0.25) is 0 Å². The van der Waals surface area contributed by atoms with Crippen LogP contribution >= 0.6 is 0 Å². The van der Waals surface area contributed by atoms with Gasteiger partial charge >= 0.3 is 0 Å². The van der Waals surface area contributed by atoms with Crippen LogP contribution in [0.2, 0.25) is 0 Å². The van der Waals surface area contributed by atoms with Gasteiger partial charge < -0.3 is 4.90 Å². The van der Waals surface area contributed by atoms with E-state index in [-0.39, 0.29) is 0 Å². The van der Waals surface area contributed by atoms with Crippen LogP contribution in [-0.2, 0) is 0 Å². The number of hydrogen-bond acceptors (Lipinski definition) is 2. The summed E-state index contributed by atoms with van der Waals surface area (Å²) in [6.45, 7) is 7.83. The molecule has 1 heterocycles. The molecule has 1 rings (SSSR count). The third-order valence-electron chi connectivity index (χ3n) is 2.68. The van der Waals surface area contributed by atoms with E-state index in [0.717, 1.165) is 18.9 Å². The van der Waals surface area contributed by atoms with Crippen LogP contribution in [0.4, 0.5) is 0 Å². The molecule has 2 heteroatoms. The topological polar surface area (TPSA) is 15.6 Å². The van der Waals surface area contributed by atoms with Crippen molar-refractivity contribution in [2.45, 2.75) is 39.7 Å². The monoisotopic (exact) mass is 168 g/mol. The Hall–Kier alpha value is -0.530. The summed E-state index contributed by atoms with van der Waals surface area (Å²) in [6, 6.07) is 0.527. The molecule has 1 aliphatic heterocycles. The normalized spacial score (nSPS) is 28.8. The molecule has 0 fully saturated rings. The molecule has 0 spiro atoms. The third-order valence-corrected chi connectivity index (χ3v) is 2.68. The second-order valence-electron chi connectivity index (χ2n) is 3.89. The van der Waals surface area contributed by atoms with Gasteiger partial charge in [-0.15, -0.1) is 0 Å². The fourth-order valence-electron chi connectivity index (χ4n) is 1.59. The molecule has 12 heavy (non-hydrogen) atoms. The molecule has 0 aromatic carbocycles. The fourth-order valence-corrected chi connectivity index (χ4v) is 1.59. The summed E-state index contributed by atoms with van der Waals surface area (Å²) in [7, 11) is 2.15. The van der Waals surface area contributed by atoms with Crippen LogP contribution in [0.5, 0.6) is 0 Å². The quantitative estimate of drug-likeness (QED) is 0.617. The highest BCUT2D eigenvalue weighted by Gasteiger charge is 2.23. The number of amidine groups is 1. The molecule has 0 aromatic heterocycles. The van der Waals surface area contributed by atoms with E-state index in [0.29, 0.717) is 6.04 Å². The highest BCUT2D eigenvalue weighted by molar-refractivity contribution is 5.84. The molecule has 0 bridgehead atoms. The first kappa shape index (κ1) is 9.56. The summed E-state index contributed by atoms with van der Waals surface area (Å²) in [6.07, 6.45) is 2.37. The molecule has 0 saturated carbocycles. The molecule has 1 aliphatic rings. The number of rotatable bonds is 2. The summed E-state index contributed by atoms with van der Waals surface area (Å²) in [5.74, 6) is 2.04. The van der Waals surface area contributed by atoms with Crippen molar-refractivity contribution in [1.82, 2.24) is 4.90 Å². The van der Waals surface area contributed by atoms with E-state index >= 15 is 0 Å². The van der Waals surface area contributed by atoms with Crippen LogP contribution in [0, 0.1) is 5.92 Å². The van der Waals surface area contributed by atoms with Gasteiger partial charge in [0.15, 0.2) is 0 Å². The minimum Gasteiger partial charge on any atom is -0.363 e. The van der Waals surface area contributed by atoms with Gasteiger partial charge in [0.25, 0.3) is 0 Å². The Morgan fingerprint density at radius 3 is 2.58 bits per heavy atom. The Balaban J connectivity index is 2.48. The van der Waals surface area contributed by atoms with Crippen LogP contribution in [0.1, 0.15) is 33.6 Å². The molecular formula is C10H20N2. The lowest BCUT2D eigenvalue weighted by molar-refractivity contribution is 0.485. The van der Waals surface area contributed by atoms with Crippen LogP contribution in [0.3, 0.4) is 0 Å². The fraction of sp³-hybridized carbons (Fsp3) is 0.900. The molecule has 0 amide bonds. The molecule has 0 radical (unpaired) electrons. The zero-order chi connectivity index (χ0) is 9.14. The molecule has 2 unspecified atom stereocenters. The molecular weight excluding hydrogens is 148 g/mol. The third kappa shape index (κ3) is 1.99. The zero-order valence-electron chi connectivity index (χ0n) is 8.67. The first-order chi connectivity index (χ1) is 5.65. The second kappa shape index (κ2) is 3.92. The van der Waals surface area contributed by atoms with E-state index in [1.807, 2.05) is 0 Å². The average molecular weight is 168 g/mol. The summed E-state index contributed by atoms with van der Waals surface area (Å²) in [5.41, 5.74) is 0. The minimum absolute atomic E-state index is 0.527. The number of nitrogens with zero attached hydrogens (tertiary/aromatic N) is 2. The number of hydrogen-bond donors (Lipinski definition) is 0. The molecule has 0 N–H and O–H groups in total. The van der Waals surface area contributed by atoms with E-state index in [9.17, 15) is 0 Å². The summed E-state index contributed by atoms with van der Waals surface area (Å²) in [5, 5.41) is 0. The molecule has 0 saturated heterocycles. The highest BCUT2D eigenvalue weighted by atomic mass is 15.2. The van der Waals surface area contributed by atoms with Gasteiger partial charge in [0.05, 0.1) is 11.9 Å². The van der Waals surface area contributed by atoms with Crippen molar-refractivity contribution in [3.05, 3.63) is 0 Å². The van der Waals surface area contributed by atoms with Gasteiger partial charge in [-0.05, 0) is 19.3 Å². The van der Waals surface area contributed by atoms with Crippen molar-refractivity contribution >= 4 is 5.84 Å².